The molecule has 0 bridgehead atoms. The third-order valence-electron chi connectivity index (χ3n) is 2.51. The number of nitrogens with zero attached hydrogens (tertiary/aromatic N) is 2. The summed E-state index contributed by atoms with van der Waals surface area (Å²) in [7, 11) is -3.32. The number of hydrogen-bond donors (Lipinski definition) is 1. The van der Waals surface area contributed by atoms with Crippen LogP contribution >= 0.6 is 0 Å². The summed E-state index contributed by atoms with van der Waals surface area (Å²) in [6.07, 6.45) is 3.61. The molecule has 0 unspecified atom stereocenters. The minimum Gasteiger partial charge on any atom is -0.337 e. The van der Waals surface area contributed by atoms with Gasteiger partial charge in [0.15, 0.2) is 0 Å². The van der Waals surface area contributed by atoms with Crippen molar-refractivity contribution < 1.29 is 12.9 Å². The molecule has 1 aliphatic rings. The zero-order chi connectivity index (χ0) is 11.6. The van der Waals surface area contributed by atoms with E-state index in [2.05, 4.69) is 14.9 Å². The van der Waals surface area contributed by atoms with E-state index < -0.39 is 10.0 Å². The minimum absolute atomic E-state index is 0.0349. The van der Waals surface area contributed by atoms with Crippen LogP contribution in [-0.4, -0.2) is 24.3 Å². The summed E-state index contributed by atoms with van der Waals surface area (Å²) < 4.78 is 30.3. The molecular weight excluding hydrogens is 230 g/mol. The Balaban J connectivity index is 1.90. The van der Waals surface area contributed by atoms with Gasteiger partial charge in [-0.25, -0.2) is 13.1 Å². The summed E-state index contributed by atoms with van der Waals surface area (Å²) in [5, 5.41) is 3.54. The number of rotatable bonds is 6. The molecule has 1 saturated carbocycles. The lowest BCUT2D eigenvalue weighted by Crippen LogP contribution is -2.17. The number of aromatic nitrogens is 2. The van der Waals surface area contributed by atoms with E-state index in [4.69, 9.17) is 4.52 Å². The summed E-state index contributed by atoms with van der Waals surface area (Å²) in [5.74, 6) is 1.19. The normalized spacial score (nSPS) is 16.3. The van der Waals surface area contributed by atoms with Gasteiger partial charge in [-0.2, -0.15) is 4.98 Å². The Labute approximate surface area is 94.5 Å². The van der Waals surface area contributed by atoms with Gasteiger partial charge in [-0.05, 0) is 17.5 Å². The van der Waals surface area contributed by atoms with Gasteiger partial charge in [0.1, 0.15) is 0 Å². The van der Waals surface area contributed by atoms with E-state index in [-0.39, 0.29) is 11.7 Å². The highest BCUT2D eigenvalue weighted by molar-refractivity contribution is 7.92. The van der Waals surface area contributed by atoms with Gasteiger partial charge in [-0.1, -0.05) is 19.8 Å². The molecule has 16 heavy (non-hydrogen) atoms. The zero-order valence-corrected chi connectivity index (χ0v) is 9.96. The minimum atomic E-state index is -3.32. The number of anilines is 1. The van der Waals surface area contributed by atoms with E-state index in [9.17, 15) is 8.42 Å². The molecule has 1 fully saturated rings. The molecule has 1 heterocycles. The van der Waals surface area contributed by atoms with Crippen LogP contribution in [0.5, 0.6) is 0 Å². The van der Waals surface area contributed by atoms with Crippen LogP contribution < -0.4 is 4.72 Å². The summed E-state index contributed by atoms with van der Waals surface area (Å²) in [6.45, 7) is 1.86. The van der Waals surface area contributed by atoms with Gasteiger partial charge in [-0.15, -0.1) is 0 Å². The SMILES string of the molecule is CCc1nc(NS(=O)(=O)CCC2CC2)no1. The molecule has 0 amide bonds. The highest BCUT2D eigenvalue weighted by atomic mass is 32.2. The number of hydrogen-bond acceptors (Lipinski definition) is 5. The van der Waals surface area contributed by atoms with Crippen molar-refractivity contribution in [1.29, 1.82) is 0 Å². The van der Waals surface area contributed by atoms with Crippen molar-refractivity contribution in [2.75, 3.05) is 10.5 Å². The Morgan fingerprint density at radius 2 is 2.25 bits per heavy atom. The lowest BCUT2D eigenvalue weighted by molar-refractivity contribution is 0.383. The first-order chi connectivity index (χ1) is 7.59. The van der Waals surface area contributed by atoms with Gasteiger partial charge >= 0.3 is 0 Å². The fourth-order valence-corrected chi connectivity index (χ4v) is 2.47. The summed E-state index contributed by atoms with van der Waals surface area (Å²) in [4.78, 5) is 3.89. The van der Waals surface area contributed by atoms with E-state index in [0.29, 0.717) is 24.7 Å². The van der Waals surface area contributed by atoms with Crippen LogP contribution in [0.4, 0.5) is 5.95 Å². The van der Waals surface area contributed by atoms with Crippen LogP contribution in [0.3, 0.4) is 0 Å². The molecule has 90 valence electrons. The topological polar surface area (TPSA) is 85.1 Å². The average molecular weight is 245 g/mol. The van der Waals surface area contributed by atoms with Crippen molar-refractivity contribution in [1.82, 2.24) is 10.1 Å². The molecular formula is C9H15N3O3S. The number of nitrogens with one attached hydrogen (secondary N) is 1. The maximum absolute atomic E-state index is 11.6. The first-order valence-electron chi connectivity index (χ1n) is 5.42. The first-order valence-corrected chi connectivity index (χ1v) is 7.07. The second-order valence-electron chi connectivity index (χ2n) is 4.02. The van der Waals surface area contributed by atoms with Crippen molar-refractivity contribution in [2.45, 2.75) is 32.6 Å². The van der Waals surface area contributed by atoms with Crippen molar-refractivity contribution in [3.63, 3.8) is 0 Å². The largest absolute Gasteiger partial charge is 0.337 e. The Morgan fingerprint density at radius 1 is 1.50 bits per heavy atom. The summed E-state index contributed by atoms with van der Waals surface area (Å²) in [6, 6.07) is 0. The highest BCUT2D eigenvalue weighted by Crippen LogP contribution is 2.32. The summed E-state index contributed by atoms with van der Waals surface area (Å²) >= 11 is 0. The summed E-state index contributed by atoms with van der Waals surface area (Å²) in [5.41, 5.74) is 0. The van der Waals surface area contributed by atoms with Gasteiger partial charge in [-0.3, -0.25) is 0 Å². The van der Waals surface area contributed by atoms with E-state index >= 15 is 0 Å². The predicted octanol–water partition coefficient (Wildman–Crippen LogP) is 1.17. The third-order valence-corrected chi connectivity index (χ3v) is 3.78. The molecule has 0 spiro atoms. The Morgan fingerprint density at radius 3 is 2.81 bits per heavy atom. The van der Waals surface area contributed by atoms with E-state index in [0.717, 1.165) is 12.8 Å². The molecule has 0 aromatic carbocycles. The smallest absolute Gasteiger partial charge is 0.277 e. The van der Waals surface area contributed by atoms with Crippen LogP contribution in [0.1, 0.15) is 32.1 Å². The maximum atomic E-state index is 11.6. The molecule has 0 radical (unpaired) electrons. The Bertz CT molecular complexity index is 450. The van der Waals surface area contributed by atoms with Gasteiger partial charge in [0.25, 0.3) is 5.95 Å². The van der Waals surface area contributed by atoms with Crippen LogP contribution in [0.2, 0.25) is 0 Å². The lowest BCUT2D eigenvalue weighted by atomic mass is 10.3. The lowest BCUT2D eigenvalue weighted by Gasteiger charge is -2.02. The van der Waals surface area contributed by atoms with Crippen LogP contribution in [0, 0.1) is 5.92 Å². The van der Waals surface area contributed by atoms with Crippen LogP contribution in [-0.2, 0) is 16.4 Å². The second kappa shape index (κ2) is 4.40. The Kier molecular flexibility index (Phi) is 3.13. The van der Waals surface area contributed by atoms with Crippen molar-refractivity contribution >= 4 is 16.0 Å². The van der Waals surface area contributed by atoms with Crippen molar-refractivity contribution in [3.05, 3.63) is 5.89 Å². The zero-order valence-electron chi connectivity index (χ0n) is 9.14. The first kappa shape index (κ1) is 11.4. The van der Waals surface area contributed by atoms with E-state index in [1.54, 1.807) is 0 Å². The molecule has 0 atom stereocenters. The van der Waals surface area contributed by atoms with Crippen LogP contribution in [0.15, 0.2) is 4.52 Å². The van der Waals surface area contributed by atoms with E-state index in [1.165, 1.54) is 0 Å². The molecule has 2 rings (SSSR count). The second-order valence-corrected chi connectivity index (χ2v) is 5.86. The molecule has 7 heteroatoms. The molecule has 0 saturated heterocycles. The predicted molar refractivity (Wildman–Crippen MR) is 58.4 cm³/mol. The average Bonchev–Trinajstić information content (AvgIpc) is 2.96. The monoisotopic (exact) mass is 245 g/mol. The van der Waals surface area contributed by atoms with Gasteiger partial charge in [0.2, 0.25) is 15.9 Å². The van der Waals surface area contributed by atoms with E-state index in [1.807, 2.05) is 6.92 Å². The maximum Gasteiger partial charge on any atom is 0.277 e. The Hall–Kier alpha value is -1.11. The molecule has 1 aromatic rings. The van der Waals surface area contributed by atoms with Crippen molar-refractivity contribution in [2.24, 2.45) is 5.92 Å². The van der Waals surface area contributed by atoms with Crippen molar-refractivity contribution in [3.8, 4) is 0 Å². The molecule has 1 aliphatic carbocycles. The molecule has 1 N–H and O–H groups in total. The molecule has 1 aromatic heterocycles. The number of sulfonamides is 1. The van der Waals surface area contributed by atoms with Crippen LogP contribution in [0.25, 0.3) is 0 Å². The fraction of sp³-hybridized carbons (Fsp3) is 0.778. The fourth-order valence-electron chi connectivity index (χ4n) is 1.36. The number of aryl methyl sites for hydroxylation is 1. The van der Waals surface area contributed by atoms with Gasteiger partial charge in [0, 0.05) is 6.42 Å². The van der Waals surface area contributed by atoms with Gasteiger partial charge in [0.05, 0.1) is 5.75 Å². The standard InChI is InChI=1S/C9H15N3O3S/c1-2-8-10-9(11-15-8)12-16(13,14)6-5-7-3-4-7/h7H,2-6H2,1H3,(H,11,12). The highest BCUT2D eigenvalue weighted by Gasteiger charge is 2.24. The third kappa shape index (κ3) is 3.19. The molecule has 6 nitrogen and oxygen atoms in total. The van der Waals surface area contributed by atoms with Gasteiger partial charge < -0.3 is 4.52 Å². The molecule has 0 aliphatic heterocycles. The quantitative estimate of drug-likeness (QED) is 0.813.